The molecule has 1 saturated carbocycles. The molecule has 0 heterocycles. The highest BCUT2D eigenvalue weighted by Gasteiger charge is 2.27. The van der Waals surface area contributed by atoms with Crippen LogP contribution in [0.5, 0.6) is 0 Å². The van der Waals surface area contributed by atoms with Crippen molar-refractivity contribution in [2.45, 2.75) is 72.6 Å². The SMILES string of the molecule is C/C=C(\C=C(\C)C(O)=C(C)C)C(c1ccccc1)C1CCCC(C)CC1. The molecule has 1 aliphatic rings. The minimum atomic E-state index is 0.409. The van der Waals surface area contributed by atoms with Crippen LogP contribution in [0.15, 0.2) is 65.0 Å². The Morgan fingerprint density at radius 1 is 1.04 bits per heavy atom. The molecule has 1 aromatic rings. The van der Waals surface area contributed by atoms with Crippen LogP contribution in [0.25, 0.3) is 0 Å². The Hall–Kier alpha value is -1.76. The lowest BCUT2D eigenvalue weighted by Crippen LogP contribution is -2.15. The summed E-state index contributed by atoms with van der Waals surface area (Å²) in [5.41, 5.74) is 4.66. The standard InChI is InChI=1S/C25H36O/c1-6-21(17-20(5)25(26)18(2)3)24(22-12-8-7-9-13-22)23-14-10-11-19(4)15-16-23/h6-9,12-13,17,19,23-24,26H,10-11,14-16H2,1-5H3/b20-17-,21-6+. The van der Waals surface area contributed by atoms with E-state index in [1.165, 1.54) is 43.2 Å². The van der Waals surface area contributed by atoms with Crippen LogP contribution in [-0.4, -0.2) is 5.11 Å². The van der Waals surface area contributed by atoms with E-state index in [0.29, 0.717) is 17.6 Å². The predicted octanol–water partition coefficient (Wildman–Crippen LogP) is 7.73. The van der Waals surface area contributed by atoms with Crippen molar-refractivity contribution in [1.82, 2.24) is 0 Å². The topological polar surface area (TPSA) is 20.2 Å². The first kappa shape index (κ1) is 20.6. The molecule has 0 amide bonds. The smallest absolute Gasteiger partial charge is 0.117 e. The van der Waals surface area contributed by atoms with Gasteiger partial charge in [0.25, 0.3) is 0 Å². The molecule has 3 unspecified atom stereocenters. The molecule has 26 heavy (non-hydrogen) atoms. The van der Waals surface area contributed by atoms with Crippen molar-refractivity contribution in [3.05, 3.63) is 70.5 Å². The molecule has 1 aliphatic carbocycles. The van der Waals surface area contributed by atoms with Gasteiger partial charge in [0.1, 0.15) is 5.76 Å². The maximum Gasteiger partial charge on any atom is 0.117 e. The first-order valence-corrected chi connectivity index (χ1v) is 10.2. The predicted molar refractivity (Wildman–Crippen MR) is 113 cm³/mol. The summed E-state index contributed by atoms with van der Waals surface area (Å²) in [6.45, 7) is 10.5. The molecule has 1 N–H and O–H groups in total. The van der Waals surface area contributed by atoms with E-state index in [-0.39, 0.29) is 0 Å². The lowest BCUT2D eigenvalue weighted by molar-refractivity contribution is 0.401. The first-order valence-electron chi connectivity index (χ1n) is 10.2. The summed E-state index contributed by atoms with van der Waals surface area (Å²) in [5.74, 6) is 2.35. The van der Waals surface area contributed by atoms with E-state index in [9.17, 15) is 5.11 Å². The van der Waals surface area contributed by atoms with Crippen LogP contribution in [-0.2, 0) is 0 Å². The van der Waals surface area contributed by atoms with Gasteiger partial charge in [-0.25, -0.2) is 0 Å². The molecule has 1 nitrogen and oxygen atoms in total. The van der Waals surface area contributed by atoms with Gasteiger partial charge in [0.05, 0.1) is 0 Å². The zero-order valence-electron chi connectivity index (χ0n) is 17.3. The highest BCUT2D eigenvalue weighted by atomic mass is 16.3. The number of rotatable bonds is 5. The van der Waals surface area contributed by atoms with Crippen molar-refractivity contribution in [3.63, 3.8) is 0 Å². The van der Waals surface area contributed by atoms with Crippen molar-refractivity contribution >= 4 is 0 Å². The van der Waals surface area contributed by atoms with Crippen LogP contribution in [0.2, 0.25) is 0 Å². The summed E-state index contributed by atoms with van der Waals surface area (Å²) in [6.07, 6.45) is 11.0. The fraction of sp³-hybridized carbons (Fsp3) is 0.520. The Morgan fingerprint density at radius 3 is 2.35 bits per heavy atom. The largest absolute Gasteiger partial charge is 0.508 e. The van der Waals surface area contributed by atoms with Gasteiger partial charge >= 0.3 is 0 Å². The summed E-state index contributed by atoms with van der Waals surface area (Å²) in [4.78, 5) is 0. The molecule has 2 rings (SSSR count). The van der Waals surface area contributed by atoms with Gasteiger partial charge in [-0.15, -0.1) is 0 Å². The number of hydrogen-bond acceptors (Lipinski definition) is 1. The van der Waals surface area contributed by atoms with Gasteiger partial charge < -0.3 is 5.11 Å². The van der Waals surface area contributed by atoms with E-state index >= 15 is 0 Å². The lowest BCUT2D eigenvalue weighted by atomic mass is 9.76. The molecule has 0 aromatic heterocycles. The lowest BCUT2D eigenvalue weighted by Gasteiger charge is -2.28. The second-order valence-corrected chi connectivity index (χ2v) is 8.23. The van der Waals surface area contributed by atoms with Crippen LogP contribution in [0, 0.1) is 11.8 Å². The highest BCUT2D eigenvalue weighted by molar-refractivity contribution is 5.41. The Labute approximate surface area is 160 Å². The maximum atomic E-state index is 10.4. The zero-order chi connectivity index (χ0) is 19.1. The minimum Gasteiger partial charge on any atom is -0.508 e. The van der Waals surface area contributed by atoms with E-state index in [1.54, 1.807) is 0 Å². The molecule has 0 bridgehead atoms. The highest BCUT2D eigenvalue weighted by Crippen LogP contribution is 2.41. The van der Waals surface area contributed by atoms with E-state index < -0.39 is 0 Å². The van der Waals surface area contributed by atoms with Crippen molar-refractivity contribution in [1.29, 1.82) is 0 Å². The van der Waals surface area contributed by atoms with E-state index in [0.717, 1.165) is 17.1 Å². The molecule has 0 aliphatic heterocycles. The quantitative estimate of drug-likeness (QED) is 0.326. The maximum absolute atomic E-state index is 10.4. The van der Waals surface area contributed by atoms with Crippen LogP contribution < -0.4 is 0 Å². The second kappa shape index (κ2) is 9.80. The third-order valence-electron chi connectivity index (χ3n) is 5.85. The normalized spacial score (nSPS) is 23.3. The first-order chi connectivity index (χ1) is 12.4. The Morgan fingerprint density at radius 2 is 1.73 bits per heavy atom. The number of benzene rings is 1. The molecule has 3 atom stereocenters. The molecule has 0 saturated heterocycles. The summed E-state index contributed by atoms with van der Waals surface area (Å²) in [6, 6.07) is 10.9. The Bertz CT molecular complexity index is 659. The molecule has 0 radical (unpaired) electrons. The molecule has 0 spiro atoms. The summed E-state index contributed by atoms with van der Waals surface area (Å²) in [5, 5.41) is 10.4. The summed E-state index contributed by atoms with van der Waals surface area (Å²) >= 11 is 0. The van der Waals surface area contributed by atoms with Crippen LogP contribution in [0.4, 0.5) is 0 Å². The number of aliphatic hydroxyl groups excluding tert-OH is 1. The molecule has 1 aromatic carbocycles. The van der Waals surface area contributed by atoms with Crippen LogP contribution in [0.3, 0.4) is 0 Å². The third-order valence-corrected chi connectivity index (χ3v) is 5.85. The average molecular weight is 353 g/mol. The van der Waals surface area contributed by atoms with Gasteiger partial charge in [-0.1, -0.05) is 68.7 Å². The van der Waals surface area contributed by atoms with Crippen molar-refractivity contribution < 1.29 is 5.11 Å². The van der Waals surface area contributed by atoms with Gasteiger partial charge in [-0.3, -0.25) is 0 Å². The average Bonchev–Trinajstić information content (AvgIpc) is 2.85. The molecule has 1 fully saturated rings. The van der Waals surface area contributed by atoms with E-state index in [2.05, 4.69) is 56.3 Å². The zero-order valence-corrected chi connectivity index (χ0v) is 17.3. The molecular weight excluding hydrogens is 316 g/mol. The van der Waals surface area contributed by atoms with Gasteiger partial charge in [-0.05, 0) is 74.7 Å². The number of allylic oxidation sites excluding steroid dienone is 5. The fourth-order valence-electron chi connectivity index (χ4n) is 4.31. The Kier molecular flexibility index (Phi) is 7.75. The molecule has 1 heteroatoms. The van der Waals surface area contributed by atoms with Gasteiger partial charge in [0.15, 0.2) is 0 Å². The van der Waals surface area contributed by atoms with Crippen molar-refractivity contribution in [3.8, 4) is 0 Å². The van der Waals surface area contributed by atoms with E-state index in [1.807, 2.05) is 20.8 Å². The number of hydrogen-bond donors (Lipinski definition) is 1. The van der Waals surface area contributed by atoms with Crippen LogP contribution in [0.1, 0.15) is 78.2 Å². The summed E-state index contributed by atoms with van der Waals surface area (Å²) < 4.78 is 0. The second-order valence-electron chi connectivity index (χ2n) is 8.23. The van der Waals surface area contributed by atoms with Gasteiger partial charge in [-0.2, -0.15) is 0 Å². The van der Waals surface area contributed by atoms with Crippen LogP contribution >= 0.6 is 0 Å². The summed E-state index contributed by atoms with van der Waals surface area (Å²) in [7, 11) is 0. The van der Waals surface area contributed by atoms with Gasteiger partial charge in [0.2, 0.25) is 0 Å². The molecule has 142 valence electrons. The third kappa shape index (κ3) is 5.37. The number of aliphatic hydroxyl groups is 1. The van der Waals surface area contributed by atoms with Gasteiger partial charge in [0, 0.05) is 5.92 Å². The van der Waals surface area contributed by atoms with Crippen molar-refractivity contribution in [2.75, 3.05) is 0 Å². The minimum absolute atomic E-state index is 0.409. The van der Waals surface area contributed by atoms with Crippen molar-refractivity contribution in [2.24, 2.45) is 11.8 Å². The fourth-order valence-corrected chi connectivity index (χ4v) is 4.31. The Balaban J connectivity index is 2.42. The molecular formula is C25H36O. The monoisotopic (exact) mass is 352 g/mol. The van der Waals surface area contributed by atoms with E-state index in [4.69, 9.17) is 0 Å².